The number of rotatable bonds is 8. The van der Waals surface area contributed by atoms with Gasteiger partial charge in [0.2, 0.25) is 0 Å². The van der Waals surface area contributed by atoms with Crippen LogP contribution in [0.3, 0.4) is 0 Å². The molecule has 1 heterocycles. The number of ether oxygens (including phenoxy) is 2. The number of nitrogens with one attached hydrogen (secondary N) is 1. The number of aromatic carboxylic acids is 1. The van der Waals surface area contributed by atoms with Crippen LogP contribution in [0.2, 0.25) is 0 Å². The minimum absolute atomic E-state index is 0.0254. The maximum atomic E-state index is 12.3. The summed E-state index contributed by atoms with van der Waals surface area (Å²) >= 11 is 1.18. The molecule has 0 unspecified atom stereocenters. The van der Waals surface area contributed by atoms with E-state index in [9.17, 15) is 9.59 Å². The van der Waals surface area contributed by atoms with Gasteiger partial charge >= 0.3 is 5.97 Å². The molecule has 134 valence electrons. The summed E-state index contributed by atoms with van der Waals surface area (Å²) < 4.78 is 10.9. The van der Waals surface area contributed by atoms with Gasteiger partial charge in [-0.1, -0.05) is 13.8 Å². The lowest BCUT2D eigenvalue weighted by Crippen LogP contribution is -2.22. The van der Waals surface area contributed by atoms with Crippen LogP contribution in [-0.4, -0.2) is 35.7 Å². The minimum atomic E-state index is -1.09. The summed E-state index contributed by atoms with van der Waals surface area (Å²) in [6, 6.07) is 4.95. The van der Waals surface area contributed by atoms with Gasteiger partial charge in [0.25, 0.3) is 5.91 Å². The average Bonchev–Trinajstić information content (AvgIpc) is 3.07. The van der Waals surface area contributed by atoms with Gasteiger partial charge in [0.05, 0.1) is 20.3 Å². The number of aromatic nitrogens is 1. The molecule has 1 amide bonds. The van der Waals surface area contributed by atoms with Gasteiger partial charge in [0, 0.05) is 10.9 Å². The number of carbonyl (C=O) groups excluding carboxylic acids is 1. The first-order valence-electron chi connectivity index (χ1n) is 7.67. The van der Waals surface area contributed by atoms with Gasteiger partial charge in [-0.2, -0.15) is 0 Å². The fraction of sp³-hybridized carbons (Fsp3) is 0.353. The lowest BCUT2D eigenvalue weighted by Gasteiger charge is -2.13. The van der Waals surface area contributed by atoms with Crippen LogP contribution in [0.1, 0.15) is 39.7 Å². The van der Waals surface area contributed by atoms with Crippen LogP contribution < -0.4 is 14.8 Å². The van der Waals surface area contributed by atoms with Gasteiger partial charge in [-0.25, -0.2) is 9.78 Å². The van der Waals surface area contributed by atoms with Crippen molar-refractivity contribution in [2.24, 2.45) is 5.92 Å². The molecule has 0 aliphatic carbocycles. The topological polar surface area (TPSA) is 97.8 Å². The maximum absolute atomic E-state index is 12.3. The largest absolute Gasteiger partial charge is 0.493 e. The molecule has 2 rings (SSSR count). The number of hydrogen-bond donors (Lipinski definition) is 2. The predicted molar refractivity (Wildman–Crippen MR) is 93.6 cm³/mol. The number of hydrogen-bond acceptors (Lipinski definition) is 6. The van der Waals surface area contributed by atoms with Crippen molar-refractivity contribution >= 4 is 23.2 Å². The van der Waals surface area contributed by atoms with Crippen LogP contribution in [0.4, 0.5) is 0 Å². The maximum Gasteiger partial charge on any atom is 0.355 e. The summed E-state index contributed by atoms with van der Waals surface area (Å²) in [7, 11) is 1.52. The van der Waals surface area contributed by atoms with E-state index in [1.54, 1.807) is 18.2 Å². The normalized spacial score (nSPS) is 10.6. The van der Waals surface area contributed by atoms with Gasteiger partial charge in [0.1, 0.15) is 5.01 Å². The monoisotopic (exact) mass is 364 g/mol. The lowest BCUT2D eigenvalue weighted by molar-refractivity contribution is 0.0691. The van der Waals surface area contributed by atoms with Crippen molar-refractivity contribution in [3.8, 4) is 11.5 Å². The highest BCUT2D eigenvalue weighted by atomic mass is 32.1. The third kappa shape index (κ3) is 5.18. The zero-order valence-electron chi connectivity index (χ0n) is 14.2. The molecule has 2 N–H and O–H groups in total. The van der Waals surface area contributed by atoms with Crippen LogP contribution in [0, 0.1) is 5.92 Å². The fourth-order valence-corrected chi connectivity index (χ4v) is 2.64. The first kappa shape index (κ1) is 18.7. The second-order valence-electron chi connectivity index (χ2n) is 5.68. The highest BCUT2D eigenvalue weighted by molar-refractivity contribution is 7.09. The quantitative estimate of drug-likeness (QED) is 0.747. The Kier molecular flexibility index (Phi) is 6.35. The van der Waals surface area contributed by atoms with Crippen molar-refractivity contribution < 1.29 is 24.2 Å². The molecule has 7 nitrogen and oxygen atoms in total. The zero-order valence-corrected chi connectivity index (χ0v) is 15.1. The van der Waals surface area contributed by atoms with E-state index in [0.717, 1.165) is 0 Å². The predicted octanol–water partition coefficient (Wildman–Crippen LogP) is 2.81. The molecule has 0 saturated heterocycles. The molecule has 0 atom stereocenters. The molecule has 0 aliphatic heterocycles. The molecule has 0 fully saturated rings. The van der Waals surface area contributed by atoms with Crippen molar-refractivity contribution in [1.29, 1.82) is 0 Å². The van der Waals surface area contributed by atoms with E-state index in [-0.39, 0.29) is 18.1 Å². The van der Waals surface area contributed by atoms with Gasteiger partial charge in [-0.15, -0.1) is 11.3 Å². The molecule has 8 heteroatoms. The number of nitrogens with zero attached hydrogens (tertiary/aromatic N) is 1. The van der Waals surface area contributed by atoms with E-state index in [1.807, 2.05) is 13.8 Å². The molecule has 0 spiro atoms. The Labute approximate surface area is 149 Å². The minimum Gasteiger partial charge on any atom is -0.493 e. The Hall–Kier alpha value is -2.61. The van der Waals surface area contributed by atoms with Gasteiger partial charge in [-0.05, 0) is 24.1 Å². The third-order valence-electron chi connectivity index (χ3n) is 3.17. The zero-order chi connectivity index (χ0) is 18.4. The third-order valence-corrected chi connectivity index (χ3v) is 4.02. The number of methoxy groups -OCH3 is 1. The number of thiazole rings is 1. The lowest BCUT2D eigenvalue weighted by atomic mass is 10.2. The first-order chi connectivity index (χ1) is 11.9. The van der Waals surface area contributed by atoms with E-state index >= 15 is 0 Å². The van der Waals surface area contributed by atoms with Crippen molar-refractivity contribution in [1.82, 2.24) is 10.3 Å². The summed E-state index contributed by atoms with van der Waals surface area (Å²) in [5.74, 6) is 0.0486. The second kappa shape index (κ2) is 8.48. The summed E-state index contributed by atoms with van der Waals surface area (Å²) in [5.41, 5.74) is 0.395. The smallest absolute Gasteiger partial charge is 0.355 e. The van der Waals surface area contributed by atoms with Gasteiger partial charge < -0.3 is 19.9 Å². The van der Waals surface area contributed by atoms with E-state index in [1.165, 1.54) is 23.8 Å². The Morgan fingerprint density at radius 3 is 2.68 bits per heavy atom. The molecule has 0 saturated carbocycles. The Morgan fingerprint density at radius 1 is 1.32 bits per heavy atom. The molecule has 0 radical (unpaired) electrons. The SMILES string of the molecule is COc1cc(C(=O)NCc2nc(C(=O)O)cs2)ccc1OCC(C)C. The number of benzene rings is 1. The second-order valence-corrected chi connectivity index (χ2v) is 6.63. The fourth-order valence-electron chi connectivity index (χ4n) is 1.93. The van der Waals surface area contributed by atoms with Crippen molar-refractivity contribution in [3.63, 3.8) is 0 Å². The molecule has 0 aliphatic rings. The van der Waals surface area contributed by atoms with Crippen molar-refractivity contribution in [2.45, 2.75) is 20.4 Å². The summed E-state index contributed by atoms with van der Waals surface area (Å²) in [6.45, 7) is 4.80. The van der Waals surface area contributed by atoms with Crippen LogP contribution in [-0.2, 0) is 6.54 Å². The average molecular weight is 364 g/mol. The van der Waals surface area contributed by atoms with Crippen molar-refractivity contribution in [3.05, 3.63) is 39.8 Å². The number of carbonyl (C=O) groups is 2. The molecule has 2 aromatic rings. The standard InChI is InChI=1S/C17H20N2O5S/c1-10(2)8-24-13-5-4-11(6-14(13)23-3)16(20)18-7-15-19-12(9-25-15)17(21)22/h4-6,9-10H,7-8H2,1-3H3,(H,18,20)(H,21,22). The van der Waals surface area contributed by atoms with Crippen LogP contribution in [0.15, 0.2) is 23.6 Å². The Morgan fingerprint density at radius 2 is 2.08 bits per heavy atom. The van der Waals surface area contributed by atoms with Crippen molar-refractivity contribution in [2.75, 3.05) is 13.7 Å². The molecule has 1 aromatic heterocycles. The van der Waals surface area contributed by atoms with Gasteiger partial charge in [-0.3, -0.25) is 4.79 Å². The Balaban J connectivity index is 2.01. The van der Waals surface area contributed by atoms with Crippen LogP contribution in [0.5, 0.6) is 11.5 Å². The van der Waals surface area contributed by atoms with E-state index < -0.39 is 5.97 Å². The summed E-state index contributed by atoms with van der Waals surface area (Å²) in [5, 5.41) is 13.5. The summed E-state index contributed by atoms with van der Waals surface area (Å²) in [6.07, 6.45) is 0. The van der Waals surface area contributed by atoms with E-state index in [4.69, 9.17) is 14.6 Å². The summed E-state index contributed by atoms with van der Waals surface area (Å²) in [4.78, 5) is 27.0. The molecule has 1 aromatic carbocycles. The van der Waals surface area contributed by atoms with Crippen LogP contribution >= 0.6 is 11.3 Å². The highest BCUT2D eigenvalue weighted by Gasteiger charge is 2.13. The van der Waals surface area contributed by atoms with E-state index in [0.29, 0.717) is 34.6 Å². The Bertz CT molecular complexity index is 757. The highest BCUT2D eigenvalue weighted by Crippen LogP contribution is 2.28. The van der Waals surface area contributed by atoms with Crippen LogP contribution in [0.25, 0.3) is 0 Å². The number of amides is 1. The molecular weight excluding hydrogens is 344 g/mol. The molecular formula is C17H20N2O5S. The molecule has 25 heavy (non-hydrogen) atoms. The van der Waals surface area contributed by atoms with E-state index in [2.05, 4.69) is 10.3 Å². The number of carboxylic acid groups (broad SMARTS) is 1. The molecule has 0 bridgehead atoms. The first-order valence-corrected chi connectivity index (χ1v) is 8.55. The van der Waals surface area contributed by atoms with Gasteiger partial charge in [0.15, 0.2) is 17.2 Å². The number of carboxylic acids is 1.